The van der Waals surface area contributed by atoms with Crippen LogP contribution >= 0.6 is 11.6 Å². The lowest BCUT2D eigenvalue weighted by molar-refractivity contribution is -0.122. The van der Waals surface area contributed by atoms with E-state index in [-0.39, 0.29) is 24.2 Å². The minimum Gasteiger partial charge on any atom is -0.378 e. The average Bonchev–Trinajstić information content (AvgIpc) is 3.11. The van der Waals surface area contributed by atoms with Crippen molar-refractivity contribution in [3.8, 4) is 0 Å². The molecule has 4 rings (SSSR count). The number of carbonyl (C=O) groups excluding carboxylic acids is 2. The van der Waals surface area contributed by atoms with E-state index in [1.54, 1.807) is 23.1 Å². The van der Waals surface area contributed by atoms with E-state index in [1.165, 1.54) is 0 Å². The number of nitrogens with zero attached hydrogens (tertiary/aromatic N) is 2. The lowest BCUT2D eigenvalue weighted by atomic mass is 10.1. The number of amides is 2. The van der Waals surface area contributed by atoms with Crippen LogP contribution < -0.4 is 15.1 Å². The van der Waals surface area contributed by atoms with Gasteiger partial charge in [-0.1, -0.05) is 17.7 Å². The monoisotopic (exact) mass is 399 g/mol. The SMILES string of the molecule is O=C(Nc1ccc(N2CCOCC2)cc1)C1CC(=O)N(c2cccc(Cl)c2)C1. The summed E-state index contributed by atoms with van der Waals surface area (Å²) in [5.41, 5.74) is 2.57. The molecule has 0 spiro atoms. The molecule has 2 aliphatic heterocycles. The van der Waals surface area contributed by atoms with Gasteiger partial charge in [0.2, 0.25) is 11.8 Å². The normalized spacial score (nSPS) is 19.8. The van der Waals surface area contributed by atoms with Gasteiger partial charge in [-0.25, -0.2) is 0 Å². The summed E-state index contributed by atoms with van der Waals surface area (Å²) < 4.78 is 5.37. The van der Waals surface area contributed by atoms with Gasteiger partial charge in [0.25, 0.3) is 0 Å². The van der Waals surface area contributed by atoms with Crippen molar-refractivity contribution in [1.82, 2.24) is 0 Å². The lowest BCUT2D eigenvalue weighted by Crippen LogP contribution is -2.36. The molecule has 0 saturated carbocycles. The van der Waals surface area contributed by atoms with Crippen molar-refractivity contribution >= 4 is 40.5 Å². The number of hydrogen-bond donors (Lipinski definition) is 1. The number of morpholine rings is 1. The summed E-state index contributed by atoms with van der Waals surface area (Å²) in [4.78, 5) is 28.9. The Morgan fingerprint density at radius 1 is 1.07 bits per heavy atom. The largest absolute Gasteiger partial charge is 0.378 e. The highest BCUT2D eigenvalue weighted by Gasteiger charge is 2.35. The molecule has 0 aliphatic carbocycles. The Balaban J connectivity index is 1.38. The Morgan fingerprint density at radius 2 is 1.82 bits per heavy atom. The van der Waals surface area contributed by atoms with Gasteiger partial charge in [0.05, 0.1) is 19.1 Å². The van der Waals surface area contributed by atoms with Gasteiger partial charge in [-0.3, -0.25) is 9.59 Å². The molecule has 2 amide bonds. The van der Waals surface area contributed by atoms with Gasteiger partial charge in [-0.05, 0) is 42.5 Å². The second-order valence-electron chi connectivity index (χ2n) is 7.02. The number of anilines is 3. The van der Waals surface area contributed by atoms with Crippen LogP contribution in [-0.2, 0) is 14.3 Å². The van der Waals surface area contributed by atoms with Crippen molar-refractivity contribution in [3.05, 3.63) is 53.6 Å². The molecule has 2 aromatic carbocycles. The molecular weight excluding hydrogens is 378 g/mol. The summed E-state index contributed by atoms with van der Waals surface area (Å²) in [5.74, 6) is -0.590. The van der Waals surface area contributed by atoms with Crippen molar-refractivity contribution < 1.29 is 14.3 Å². The molecule has 2 fully saturated rings. The van der Waals surface area contributed by atoms with E-state index in [0.717, 1.165) is 43.4 Å². The number of carbonyl (C=O) groups is 2. The van der Waals surface area contributed by atoms with Crippen molar-refractivity contribution in [3.63, 3.8) is 0 Å². The predicted molar refractivity (Wildman–Crippen MR) is 110 cm³/mol. The van der Waals surface area contributed by atoms with Crippen LogP contribution in [0.1, 0.15) is 6.42 Å². The van der Waals surface area contributed by atoms with Crippen LogP contribution in [0.5, 0.6) is 0 Å². The molecule has 146 valence electrons. The second-order valence-corrected chi connectivity index (χ2v) is 7.46. The Hall–Kier alpha value is -2.57. The third-order valence-electron chi connectivity index (χ3n) is 5.13. The zero-order chi connectivity index (χ0) is 19.5. The van der Waals surface area contributed by atoms with Crippen molar-refractivity contribution in [2.24, 2.45) is 5.92 Å². The van der Waals surface area contributed by atoms with Crippen LogP contribution in [0, 0.1) is 5.92 Å². The summed E-state index contributed by atoms with van der Waals surface area (Å²) >= 11 is 6.02. The number of rotatable bonds is 4. The van der Waals surface area contributed by atoms with Gasteiger partial charge in [0.1, 0.15) is 0 Å². The maximum absolute atomic E-state index is 12.6. The van der Waals surface area contributed by atoms with Crippen LogP contribution in [-0.4, -0.2) is 44.7 Å². The molecule has 0 bridgehead atoms. The van der Waals surface area contributed by atoms with E-state index < -0.39 is 0 Å². The molecule has 6 nitrogen and oxygen atoms in total. The van der Waals surface area contributed by atoms with Gasteiger partial charge >= 0.3 is 0 Å². The zero-order valence-corrected chi connectivity index (χ0v) is 16.2. The van der Waals surface area contributed by atoms with Crippen LogP contribution in [0.15, 0.2) is 48.5 Å². The lowest BCUT2D eigenvalue weighted by Gasteiger charge is -2.28. The third kappa shape index (κ3) is 4.13. The number of nitrogens with one attached hydrogen (secondary N) is 1. The predicted octanol–water partition coefficient (Wildman–Crippen LogP) is 3.17. The topological polar surface area (TPSA) is 61.9 Å². The summed E-state index contributed by atoms with van der Waals surface area (Å²) in [7, 11) is 0. The standard InChI is InChI=1S/C21H22ClN3O3/c22-16-2-1-3-19(13-16)25-14-15(12-20(25)26)21(27)23-17-4-6-18(7-5-17)24-8-10-28-11-9-24/h1-7,13,15H,8-12,14H2,(H,23,27). The van der Waals surface area contributed by atoms with Crippen LogP contribution in [0.3, 0.4) is 0 Å². The average molecular weight is 400 g/mol. The fourth-order valence-corrected chi connectivity index (χ4v) is 3.78. The van der Waals surface area contributed by atoms with Gasteiger partial charge in [-0.2, -0.15) is 0 Å². The Bertz CT molecular complexity index is 865. The molecule has 2 saturated heterocycles. The first kappa shape index (κ1) is 18.8. The van der Waals surface area contributed by atoms with Crippen LogP contribution in [0.25, 0.3) is 0 Å². The van der Waals surface area contributed by atoms with E-state index in [4.69, 9.17) is 16.3 Å². The molecular formula is C21H22ClN3O3. The summed E-state index contributed by atoms with van der Waals surface area (Å²) in [6.45, 7) is 3.57. The van der Waals surface area contributed by atoms with Crippen LogP contribution in [0.4, 0.5) is 17.1 Å². The molecule has 2 aromatic rings. The van der Waals surface area contributed by atoms with Gasteiger partial charge in [0.15, 0.2) is 0 Å². The van der Waals surface area contributed by atoms with E-state index >= 15 is 0 Å². The van der Waals surface area contributed by atoms with E-state index in [1.807, 2.05) is 30.3 Å². The number of ether oxygens (including phenoxy) is 1. The molecule has 2 aliphatic rings. The minimum atomic E-state index is -0.384. The Kier molecular flexibility index (Phi) is 5.50. The summed E-state index contributed by atoms with van der Waals surface area (Å²) in [6, 6.07) is 14.9. The quantitative estimate of drug-likeness (QED) is 0.857. The molecule has 28 heavy (non-hydrogen) atoms. The maximum Gasteiger partial charge on any atom is 0.229 e. The fourth-order valence-electron chi connectivity index (χ4n) is 3.60. The maximum atomic E-state index is 12.6. The highest BCUT2D eigenvalue weighted by molar-refractivity contribution is 6.31. The summed E-state index contributed by atoms with van der Waals surface area (Å²) in [6.07, 6.45) is 0.199. The first-order valence-electron chi connectivity index (χ1n) is 9.40. The van der Waals surface area contributed by atoms with Crippen molar-refractivity contribution in [2.45, 2.75) is 6.42 Å². The molecule has 0 radical (unpaired) electrons. The zero-order valence-electron chi connectivity index (χ0n) is 15.4. The van der Waals surface area contributed by atoms with Gasteiger partial charge < -0.3 is 19.9 Å². The van der Waals surface area contributed by atoms with E-state index in [0.29, 0.717) is 11.6 Å². The molecule has 1 atom stereocenters. The smallest absolute Gasteiger partial charge is 0.229 e. The van der Waals surface area contributed by atoms with Gasteiger partial charge in [0, 0.05) is 48.1 Å². The molecule has 7 heteroatoms. The van der Waals surface area contributed by atoms with Crippen molar-refractivity contribution in [1.29, 1.82) is 0 Å². The van der Waals surface area contributed by atoms with E-state index in [2.05, 4.69) is 10.2 Å². The number of hydrogen-bond acceptors (Lipinski definition) is 4. The molecule has 2 heterocycles. The first-order chi connectivity index (χ1) is 13.6. The summed E-state index contributed by atoms with van der Waals surface area (Å²) in [5, 5.41) is 3.50. The van der Waals surface area contributed by atoms with Gasteiger partial charge in [-0.15, -0.1) is 0 Å². The molecule has 1 unspecified atom stereocenters. The highest BCUT2D eigenvalue weighted by atomic mass is 35.5. The molecule has 1 N–H and O–H groups in total. The number of benzene rings is 2. The van der Waals surface area contributed by atoms with Crippen LogP contribution in [0.2, 0.25) is 5.02 Å². The highest BCUT2D eigenvalue weighted by Crippen LogP contribution is 2.28. The third-order valence-corrected chi connectivity index (χ3v) is 5.36. The van der Waals surface area contributed by atoms with E-state index in [9.17, 15) is 9.59 Å². The Labute approximate surface area is 169 Å². The minimum absolute atomic E-state index is 0.0647. The first-order valence-corrected chi connectivity index (χ1v) is 9.77. The number of halogens is 1. The fraction of sp³-hybridized carbons (Fsp3) is 0.333. The van der Waals surface area contributed by atoms with Crippen molar-refractivity contribution in [2.75, 3.05) is 48.0 Å². The Morgan fingerprint density at radius 3 is 2.54 bits per heavy atom. The second kappa shape index (κ2) is 8.20. The molecule has 0 aromatic heterocycles.